The lowest BCUT2D eigenvalue weighted by atomic mass is 9.33. The van der Waals surface area contributed by atoms with Gasteiger partial charge in [-0.15, -0.1) is 23.2 Å². The maximum atomic E-state index is 14.2. The second kappa shape index (κ2) is 8.62. The molecule has 0 aromatic heterocycles. The zero-order chi connectivity index (χ0) is 28.3. The smallest absolute Gasteiger partial charge is 0.233 e. The van der Waals surface area contributed by atoms with Gasteiger partial charge in [-0.3, -0.25) is 9.59 Å². The molecular formula is C34H31Cl2N3O2. The van der Waals surface area contributed by atoms with E-state index in [-0.39, 0.29) is 29.4 Å². The van der Waals surface area contributed by atoms with Gasteiger partial charge < -0.3 is 16.4 Å². The van der Waals surface area contributed by atoms with Crippen LogP contribution in [0, 0.1) is 10.8 Å². The van der Waals surface area contributed by atoms with Crippen LogP contribution >= 0.6 is 23.2 Å². The number of Topliss-reactive ketones (excluding diaryl/α,β-unsaturated/α-hetero) is 1. The molecule has 7 heteroatoms. The molecule has 4 aromatic carbocycles. The van der Waals surface area contributed by atoms with Gasteiger partial charge in [0.15, 0.2) is 0 Å². The number of nitrogen functional groups attached to an aromatic ring is 2. The molecular weight excluding hydrogens is 553 g/mol. The van der Waals surface area contributed by atoms with Gasteiger partial charge in [0.1, 0.15) is 5.78 Å². The molecule has 0 saturated heterocycles. The predicted molar refractivity (Wildman–Crippen MR) is 167 cm³/mol. The molecule has 3 fully saturated rings. The molecule has 1 heterocycles. The van der Waals surface area contributed by atoms with E-state index in [9.17, 15) is 9.59 Å². The van der Waals surface area contributed by atoms with E-state index >= 15 is 0 Å². The van der Waals surface area contributed by atoms with Crippen molar-refractivity contribution in [3.63, 3.8) is 0 Å². The van der Waals surface area contributed by atoms with Crippen molar-refractivity contribution in [2.75, 3.05) is 34.7 Å². The highest BCUT2D eigenvalue weighted by Gasteiger charge is 2.76. The Morgan fingerprint density at radius 3 is 1.95 bits per heavy atom. The highest BCUT2D eigenvalue weighted by molar-refractivity contribution is 6.20. The van der Waals surface area contributed by atoms with Crippen LogP contribution in [0.2, 0.25) is 0 Å². The minimum atomic E-state index is -0.482. The molecule has 9 rings (SSSR count). The lowest BCUT2D eigenvalue weighted by molar-refractivity contribution is -0.206. The molecule has 4 N–H and O–H groups in total. The molecule has 1 amide bonds. The number of hydrogen-bond acceptors (Lipinski definition) is 4. The molecule has 41 heavy (non-hydrogen) atoms. The third-order valence-electron chi connectivity index (χ3n) is 10.6. The lowest BCUT2D eigenvalue weighted by Crippen LogP contribution is -2.71. The third kappa shape index (κ3) is 3.25. The van der Waals surface area contributed by atoms with Crippen LogP contribution in [-0.2, 0) is 9.59 Å². The number of benzene rings is 4. The van der Waals surface area contributed by atoms with Crippen molar-refractivity contribution in [3.05, 3.63) is 77.4 Å². The summed E-state index contributed by atoms with van der Waals surface area (Å²) < 4.78 is 0. The number of alkyl halides is 2. The number of halogens is 2. The van der Waals surface area contributed by atoms with Crippen molar-refractivity contribution >= 4 is 73.5 Å². The van der Waals surface area contributed by atoms with Gasteiger partial charge in [0.2, 0.25) is 5.91 Å². The first-order chi connectivity index (χ1) is 19.8. The number of hydrogen-bond donors (Lipinski definition) is 2. The summed E-state index contributed by atoms with van der Waals surface area (Å²) in [5.41, 5.74) is 17.5. The first-order valence-corrected chi connectivity index (χ1v) is 15.5. The van der Waals surface area contributed by atoms with E-state index in [2.05, 4.69) is 12.1 Å². The Morgan fingerprint density at radius 2 is 1.34 bits per heavy atom. The Bertz CT molecular complexity index is 1670. The predicted octanol–water partition coefficient (Wildman–Crippen LogP) is 7.08. The number of ketones is 1. The molecule has 0 spiro atoms. The average molecular weight is 585 g/mol. The summed E-state index contributed by atoms with van der Waals surface area (Å²) in [6.45, 7) is 0.549. The van der Waals surface area contributed by atoms with E-state index in [1.807, 2.05) is 53.4 Å². The summed E-state index contributed by atoms with van der Waals surface area (Å²) >= 11 is 12.9. The fourth-order valence-corrected chi connectivity index (χ4v) is 9.37. The highest BCUT2D eigenvalue weighted by Crippen LogP contribution is 2.76. The van der Waals surface area contributed by atoms with Crippen LogP contribution in [0.15, 0.2) is 60.7 Å². The van der Waals surface area contributed by atoms with E-state index in [0.29, 0.717) is 55.4 Å². The normalized spacial score (nSPS) is 29.2. The van der Waals surface area contributed by atoms with Crippen molar-refractivity contribution in [1.82, 2.24) is 0 Å². The van der Waals surface area contributed by atoms with Gasteiger partial charge in [-0.05, 0) is 71.2 Å². The molecule has 4 aliphatic carbocycles. The Labute approximate surface area is 248 Å². The molecule has 208 valence electrons. The molecule has 1 unspecified atom stereocenters. The third-order valence-corrected chi connectivity index (χ3v) is 11.3. The fourth-order valence-electron chi connectivity index (χ4n) is 8.83. The van der Waals surface area contributed by atoms with Crippen LogP contribution in [0.25, 0.3) is 21.5 Å². The molecule has 4 aromatic rings. The average Bonchev–Trinajstić information content (AvgIpc) is 3.50. The molecule has 1 aliphatic heterocycles. The largest absolute Gasteiger partial charge is 0.398 e. The van der Waals surface area contributed by atoms with Crippen LogP contribution in [0.4, 0.5) is 17.1 Å². The number of amides is 1. The minimum Gasteiger partial charge on any atom is -0.398 e. The zero-order valence-corrected chi connectivity index (χ0v) is 24.1. The van der Waals surface area contributed by atoms with E-state index in [1.54, 1.807) is 0 Å². The number of fused-ring (bicyclic) bond motifs is 6. The topological polar surface area (TPSA) is 89.4 Å². The minimum absolute atomic E-state index is 0.0480. The van der Waals surface area contributed by atoms with Gasteiger partial charge in [-0.2, -0.15) is 0 Å². The maximum Gasteiger partial charge on any atom is 0.233 e. The van der Waals surface area contributed by atoms with Crippen molar-refractivity contribution < 1.29 is 9.59 Å². The molecule has 3 atom stereocenters. The summed E-state index contributed by atoms with van der Waals surface area (Å²) in [6, 6.07) is 20.1. The highest BCUT2D eigenvalue weighted by atomic mass is 35.5. The van der Waals surface area contributed by atoms with Crippen LogP contribution in [0.5, 0.6) is 0 Å². The van der Waals surface area contributed by atoms with Crippen LogP contribution in [0.1, 0.15) is 60.1 Å². The van der Waals surface area contributed by atoms with E-state index in [1.165, 1.54) is 5.56 Å². The molecule has 2 bridgehead atoms. The second-order valence-electron chi connectivity index (χ2n) is 12.8. The summed E-state index contributed by atoms with van der Waals surface area (Å²) in [4.78, 5) is 30.2. The van der Waals surface area contributed by atoms with Crippen LogP contribution in [-0.4, -0.2) is 30.0 Å². The number of nitrogens with two attached hydrogens (primary N) is 2. The van der Waals surface area contributed by atoms with Gasteiger partial charge in [-0.25, -0.2) is 0 Å². The number of rotatable bonds is 5. The Hall–Kier alpha value is -3.28. The molecule has 3 saturated carbocycles. The summed E-state index contributed by atoms with van der Waals surface area (Å²) in [5.74, 6) is 1.19. The lowest BCUT2D eigenvalue weighted by Gasteiger charge is -2.69. The first kappa shape index (κ1) is 25.4. The molecule has 5 nitrogen and oxygen atoms in total. The quantitative estimate of drug-likeness (QED) is 0.194. The van der Waals surface area contributed by atoms with Crippen LogP contribution < -0.4 is 16.4 Å². The van der Waals surface area contributed by atoms with Gasteiger partial charge in [-0.1, -0.05) is 48.5 Å². The van der Waals surface area contributed by atoms with Crippen molar-refractivity contribution in [3.8, 4) is 0 Å². The van der Waals surface area contributed by atoms with Crippen molar-refractivity contribution in [2.24, 2.45) is 10.8 Å². The Kier molecular flexibility index (Phi) is 5.35. The first-order valence-electron chi connectivity index (χ1n) is 14.4. The zero-order valence-electron chi connectivity index (χ0n) is 22.6. The van der Waals surface area contributed by atoms with E-state index in [0.717, 1.165) is 38.4 Å². The summed E-state index contributed by atoms with van der Waals surface area (Å²) in [6.07, 6.45) is 2.53. The molecule has 0 radical (unpaired) electrons. The monoisotopic (exact) mass is 583 g/mol. The molecule has 5 aliphatic rings. The summed E-state index contributed by atoms with van der Waals surface area (Å²) in [5, 5.41) is 4.17. The number of anilines is 3. The number of nitrogens with zero attached hydrogens (tertiary/aromatic N) is 1. The Morgan fingerprint density at radius 1 is 0.780 bits per heavy atom. The van der Waals surface area contributed by atoms with Crippen molar-refractivity contribution in [1.29, 1.82) is 0 Å². The maximum absolute atomic E-state index is 14.2. The van der Waals surface area contributed by atoms with Gasteiger partial charge in [0.25, 0.3) is 0 Å². The number of carbonyl (C=O) groups excluding carboxylic acids is 2. The van der Waals surface area contributed by atoms with Crippen molar-refractivity contribution in [2.45, 2.75) is 43.4 Å². The Balaban J connectivity index is 1.08. The van der Waals surface area contributed by atoms with Gasteiger partial charge >= 0.3 is 0 Å². The van der Waals surface area contributed by atoms with Gasteiger partial charge in [0.05, 0.1) is 5.41 Å². The van der Waals surface area contributed by atoms with E-state index in [4.69, 9.17) is 34.7 Å². The standard InChI is InChI=1S/C34H31Cl2N3O2/c35-12-18-9-25(24-10-26(37)20-5-1-3-7-22(20)29(18)24)31(40)33-15-34(16-33,17-33)32(41)39-14-19(13-36)30-23-8-4-2-6-21(23)27(38)11-28(30)39/h1-8,10-11,18-19,25H,9,12-17,37-38H2/t18-,19+,25?,33?,34?/m0/s1. The summed E-state index contributed by atoms with van der Waals surface area (Å²) in [7, 11) is 0. The van der Waals surface area contributed by atoms with Crippen LogP contribution in [0.3, 0.4) is 0 Å². The fraction of sp³-hybridized carbons (Fsp3) is 0.353. The van der Waals surface area contributed by atoms with E-state index < -0.39 is 10.8 Å². The number of carbonyl (C=O) groups is 2. The second-order valence-corrected chi connectivity index (χ2v) is 13.4. The SMILES string of the molecule is Nc1cc2c(c3ccccc13)[C@H](CCl)CC2C(=O)C12CC(C(=O)N3C[C@@H](CCl)c4c3cc(N)c3ccccc43)(C1)C2. The van der Waals surface area contributed by atoms with Gasteiger partial charge in [0, 0.05) is 63.4 Å².